The fraction of sp³-hybridized carbons (Fsp3) is 0.571. The minimum absolute atomic E-state index is 0.0528. The molecule has 0 aromatic carbocycles. The molecule has 2 rings (SSSR count). The van der Waals surface area contributed by atoms with Gasteiger partial charge in [-0.15, -0.1) is 5.10 Å². The lowest BCUT2D eigenvalue weighted by molar-refractivity contribution is 0.0996. The van der Waals surface area contributed by atoms with Gasteiger partial charge < -0.3 is 21.3 Å². The number of aliphatic hydroxyl groups excluding tert-OH is 1. The molecular formula is C7H11N5O3. The highest BCUT2D eigenvalue weighted by Crippen LogP contribution is 2.22. The van der Waals surface area contributed by atoms with Gasteiger partial charge in [0, 0.05) is 0 Å². The van der Waals surface area contributed by atoms with E-state index in [1.807, 2.05) is 0 Å². The second-order valence-electron chi connectivity index (χ2n) is 3.30. The molecule has 0 bridgehead atoms. The number of nitrogens with zero attached hydrogens (tertiary/aromatic N) is 3. The van der Waals surface area contributed by atoms with E-state index in [1.54, 1.807) is 0 Å². The fourth-order valence-electron chi connectivity index (χ4n) is 1.49. The lowest BCUT2D eigenvalue weighted by atomic mass is 10.2. The molecule has 0 unspecified atom stereocenters. The predicted molar refractivity (Wildman–Crippen MR) is 48.8 cm³/mol. The van der Waals surface area contributed by atoms with E-state index in [0.29, 0.717) is 0 Å². The molecule has 1 aromatic rings. The monoisotopic (exact) mass is 213 g/mol. The molecule has 1 saturated heterocycles. The summed E-state index contributed by atoms with van der Waals surface area (Å²) in [5, 5.41) is 16.7. The number of primary amides is 1. The van der Waals surface area contributed by atoms with Crippen LogP contribution in [0.15, 0.2) is 0 Å². The Bertz CT molecular complexity index is 390. The van der Waals surface area contributed by atoms with Gasteiger partial charge in [-0.05, 0) is 0 Å². The molecular weight excluding hydrogens is 202 g/mol. The molecule has 8 nitrogen and oxygen atoms in total. The number of anilines is 1. The summed E-state index contributed by atoms with van der Waals surface area (Å²) in [5.74, 6) is -0.691. The highest BCUT2D eigenvalue weighted by atomic mass is 16.5. The average molecular weight is 213 g/mol. The van der Waals surface area contributed by atoms with Gasteiger partial charge >= 0.3 is 0 Å². The predicted octanol–water partition coefficient (Wildman–Crippen LogP) is -2.11. The Hall–Kier alpha value is -1.67. The summed E-state index contributed by atoms with van der Waals surface area (Å²) >= 11 is 0. The van der Waals surface area contributed by atoms with E-state index in [9.17, 15) is 9.90 Å². The third-order valence-corrected chi connectivity index (χ3v) is 2.30. The van der Waals surface area contributed by atoms with E-state index in [4.69, 9.17) is 16.2 Å². The van der Waals surface area contributed by atoms with Crippen molar-refractivity contribution in [2.24, 2.45) is 5.73 Å². The van der Waals surface area contributed by atoms with Crippen molar-refractivity contribution in [3.8, 4) is 0 Å². The van der Waals surface area contributed by atoms with Crippen molar-refractivity contribution >= 4 is 11.7 Å². The van der Waals surface area contributed by atoms with E-state index in [2.05, 4.69) is 10.3 Å². The largest absolute Gasteiger partial charge is 0.388 e. The van der Waals surface area contributed by atoms with Crippen LogP contribution in [-0.4, -0.2) is 45.3 Å². The number of hydrogen-bond donors (Lipinski definition) is 3. The molecule has 5 N–H and O–H groups in total. The normalized spacial score (nSPS) is 25.7. The number of aromatic nitrogens is 3. The van der Waals surface area contributed by atoms with Gasteiger partial charge in [0.25, 0.3) is 5.91 Å². The van der Waals surface area contributed by atoms with Gasteiger partial charge in [0.15, 0.2) is 11.5 Å². The van der Waals surface area contributed by atoms with Crippen molar-refractivity contribution in [1.29, 1.82) is 0 Å². The second-order valence-corrected chi connectivity index (χ2v) is 3.30. The van der Waals surface area contributed by atoms with Crippen LogP contribution in [0.1, 0.15) is 16.5 Å². The van der Waals surface area contributed by atoms with Gasteiger partial charge in [-0.1, -0.05) is 5.21 Å². The van der Waals surface area contributed by atoms with Gasteiger partial charge in [-0.3, -0.25) is 4.79 Å². The molecule has 0 saturated carbocycles. The summed E-state index contributed by atoms with van der Waals surface area (Å²) in [4.78, 5) is 10.9. The first-order valence-electron chi connectivity index (χ1n) is 4.37. The third-order valence-electron chi connectivity index (χ3n) is 2.30. The van der Waals surface area contributed by atoms with Crippen molar-refractivity contribution in [3.63, 3.8) is 0 Å². The first-order valence-corrected chi connectivity index (χ1v) is 4.37. The maximum Gasteiger partial charge on any atom is 0.273 e. The zero-order valence-electron chi connectivity index (χ0n) is 7.83. The first-order chi connectivity index (χ1) is 7.11. The van der Waals surface area contributed by atoms with Crippen LogP contribution in [0.5, 0.6) is 0 Å². The standard InChI is InChI=1S/C7H11N5O3/c8-6-5(7(9)14)10-11-12(6)3-1-15-2-4(3)13/h3-4,13H,1-2,8H2,(H2,9,14)/t3-,4+/m1/s1. The SMILES string of the molecule is NC(=O)c1nnn([C@@H]2COC[C@@H]2O)c1N. The highest BCUT2D eigenvalue weighted by molar-refractivity contribution is 5.94. The van der Waals surface area contributed by atoms with Gasteiger partial charge in [0.1, 0.15) is 12.1 Å². The van der Waals surface area contributed by atoms with E-state index in [1.165, 1.54) is 4.68 Å². The minimum Gasteiger partial charge on any atom is -0.388 e. The summed E-state index contributed by atoms with van der Waals surface area (Å²) in [6, 6.07) is -0.411. The summed E-state index contributed by atoms with van der Waals surface area (Å²) < 4.78 is 6.30. The van der Waals surface area contributed by atoms with E-state index in [-0.39, 0.29) is 24.7 Å². The molecule has 1 amide bonds. The molecule has 2 atom stereocenters. The third kappa shape index (κ3) is 1.53. The summed E-state index contributed by atoms with van der Waals surface area (Å²) in [5.41, 5.74) is 10.6. The fourth-order valence-corrected chi connectivity index (χ4v) is 1.49. The number of aliphatic hydroxyl groups is 1. The Balaban J connectivity index is 2.33. The number of carbonyl (C=O) groups is 1. The molecule has 0 aliphatic carbocycles. The van der Waals surface area contributed by atoms with Crippen molar-refractivity contribution in [2.45, 2.75) is 12.1 Å². The van der Waals surface area contributed by atoms with E-state index < -0.39 is 18.1 Å². The average Bonchev–Trinajstić information content (AvgIpc) is 2.71. The molecule has 1 aliphatic rings. The Morgan fingerprint density at radius 1 is 1.60 bits per heavy atom. The van der Waals surface area contributed by atoms with Crippen molar-refractivity contribution in [3.05, 3.63) is 5.69 Å². The second kappa shape index (κ2) is 3.48. The minimum atomic E-state index is -0.743. The van der Waals surface area contributed by atoms with Crippen LogP contribution >= 0.6 is 0 Å². The summed E-state index contributed by atoms with van der Waals surface area (Å²) in [7, 11) is 0. The molecule has 0 spiro atoms. The van der Waals surface area contributed by atoms with Crippen molar-refractivity contribution in [2.75, 3.05) is 18.9 Å². The molecule has 1 aliphatic heterocycles. The summed E-state index contributed by atoms with van der Waals surface area (Å²) in [6.45, 7) is 0.503. The molecule has 1 fully saturated rings. The zero-order valence-corrected chi connectivity index (χ0v) is 7.83. The highest BCUT2D eigenvalue weighted by Gasteiger charge is 2.31. The van der Waals surface area contributed by atoms with E-state index >= 15 is 0 Å². The molecule has 8 heteroatoms. The van der Waals surface area contributed by atoms with Crippen LogP contribution in [0, 0.1) is 0 Å². The van der Waals surface area contributed by atoms with Gasteiger partial charge in [0.2, 0.25) is 0 Å². The lowest BCUT2D eigenvalue weighted by Gasteiger charge is -2.12. The molecule has 2 heterocycles. The smallest absolute Gasteiger partial charge is 0.273 e. The maximum atomic E-state index is 10.9. The first kappa shape index (κ1) is 9.87. The van der Waals surface area contributed by atoms with Crippen LogP contribution in [0.3, 0.4) is 0 Å². The molecule has 15 heavy (non-hydrogen) atoms. The maximum absolute atomic E-state index is 10.9. The Kier molecular flexibility index (Phi) is 2.29. The van der Waals surface area contributed by atoms with Crippen LogP contribution in [0.4, 0.5) is 5.82 Å². The number of rotatable bonds is 2. The van der Waals surface area contributed by atoms with E-state index in [0.717, 1.165) is 0 Å². The number of ether oxygens (including phenoxy) is 1. The summed E-state index contributed by atoms with van der Waals surface area (Å²) in [6.07, 6.45) is -0.699. The van der Waals surface area contributed by atoms with Crippen molar-refractivity contribution < 1.29 is 14.6 Å². The Labute approximate surface area is 84.8 Å². The Morgan fingerprint density at radius 3 is 2.80 bits per heavy atom. The van der Waals surface area contributed by atoms with Crippen LogP contribution in [0.2, 0.25) is 0 Å². The number of amides is 1. The Morgan fingerprint density at radius 2 is 2.33 bits per heavy atom. The van der Waals surface area contributed by atoms with Gasteiger partial charge in [-0.25, -0.2) is 4.68 Å². The van der Waals surface area contributed by atoms with Crippen LogP contribution < -0.4 is 11.5 Å². The quantitative estimate of drug-likeness (QED) is 0.515. The van der Waals surface area contributed by atoms with Crippen molar-refractivity contribution in [1.82, 2.24) is 15.0 Å². The van der Waals surface area contributed by atoms with Crippen LogP contribution in [0.25, 0.3) is 0 Å². The van der Waals surface area contributed by atoms with Gasteiger partial charge in [-0.2, -0.15) is 0 Å². The number of hydrogen-bond acceptors (Lipinski definition) is 6. The number of nitrogen functional groups attached to an aromatic ring is 1. The molecule has 1 aromatic heterocycles. The zero-order chi connectivity index (χ0) is 11.0. The number of carbonyl (C=O) groups excluding carboxylic acids is 1. The van der Waals surface area contributed by atoms with Crippen LogP contribution in [-0.2, 0) is 4.74 Å². The number of nitrogens with two attached hydrogens (primary N) is 2. The topological polar surface area (TPSA) is 129 Å². The lowest BCUT2D eigenvalue weighted by Crippen LogP contribution is -2.25. The molecule has 0 radical (unpaired) electrons. The molecule has 82 valence electrons. The van der Waals surface area contributed by atoms with Gasteiger partial charge in [0.05, 0.1) is 13.2 Å².